The number of nitrogens with one attached hydrogen (secondary N) is 1. The number of hydrogen-bond acceptors (Lipinski definition) is 5. The summed E-state index contributed by atoms with van der Waals surface area (Å²) in [6.07, 6.45) is 0. The molecule has 3 rings (SSSR count). The number of benzene rings is 1. The second-order valence-corrected chi connectivity index (χ2v) is 7.87. The van der Waals surface area contributed by atoms with Crippen molar-refractivity contribution >= 4 is 33.5 Å². The second-order valence-electron chi connectivity index (χ2n) is 6.82. The summed E-state index contributed by atoms with van der Waals surface area (Å²) in [6.45, 7) is 7.55. The minimum absolute atomic E-state index is 0.304. The summed E-state index contributed by atoms with van der Waals surface area (Å²) in [5, 5.41) is 0.672. The van der Waals surface area contributed by atoms with Crippen LogP contribution in [0.25, 0.3) is 21.5 Å². The van der Waals surface area contributed by atoms with Crippen molar-refractivity contribution in [2.24, 2.45) is 0 Å². The first-order valence-electron chi connectivity index (χ1n) is 8.41. The first-order valence-corrected chi connectivity index (χ1v) is 9.23. The summed E-state index contributed by atoms with van der Waals surface area (Å²) in [4.78, 5) is 29.4. The maximum atomic E-state index is 12.9. The van der Waals surface area contributed by atoms with Gasteiger partial charge in [-0.2, -0.15) is 0 Å². The molecule has 0 saturated heterocycles. The fraction of sp³-hybridized carbons (Fsp3) is 0.300. The van der Waals surface area contributed by atoms with Crippen molar-refractivity contribution < 1.29 is 19.1 Å². The molecule has 1 N–H and O–H groups in total. The molecular weight excluding hydrogens is 350 g/mol. The molecule has 2 heterocycles. The third kappa shape index (κ3) is 3.65. The van der Waals surface area contributed by atoms with Crippen LogP contribution in [0.5, 0.6) is 0 Å². The van der Waals surface area contributed by atoms with Crippen LogP contribution in [0.2, 0.25) is 0 Å². The Bertz CT molecular complexity index is 948. The summed E-state index contributed by atoms with van der Waals surface area (Å²) < 4.78 is 10.7. The highest BCUT2D eigenvalue weighted by molar-refractivity contribution is 7.20. The van der Waals surface area contributed by atoms with Crippen molar-refractivity contribution in [1.29, 1.82) is 0 Å². The van der Waals surface area contributed by atoms with E-state index in [4.69, 9.17) is 9.47 Å². The van der Waals surface area contributed by atoms with Crippen molar-refractivity contribution in [2.75, 3.05) is 6.61 Å². The maximum absolute atomic E-state index is 12.9. The molecular formula is C20H21NO4S. The Labute approximate surface area is 155 Å². The Morgan fingerprint density at radius 3 is 2.42 bits per heavy atom. The van der Waals surface area contributed by atoms with Gasteiger partial charge in [0.15, 0.2) is 0 Å². The summed E-state index contributed by atoms with van der Waals surface area (Å²) >= 11 is 1.27. The molecule has 0 amide bonds. The van der Waals surface area contributed by atoms with Crippen LogP contribution < -0.4 is 0 Å². The Hall–Kier alpha value is -2.60. The van der Waals surface area contributed by atoms with Crippen LogP contribution >= 0.6 is 11.3 Å². The maximum Gasteiger partial charge on any atom is 0.348 e. The van der Waals surface area contributed by atoms with Crippen LogP contribution in [0.4, 0.5) is 0 Å². The molecule has 0 aliphatic carbocycles. The van der Waals surface area contributed by atoms with Crippen LogP contribution in [0.15, 0.2) is 36.4 Å². The number of aromatic amines is 1. The summed E-state index contributed by atoms with van der Waals surface area (Å²) in [7, 11) is 0. The van der Waals surface area contributed by atoms with E-state index in [9.17, 15) is 9.59 Å². The first kappa shape index (κ1) is 18.2. The van der Waals surface area contributed by atoms with Gasteiger partial charge in [0.25, 0.3) is 0 Å². The van der Waals surface area contributed by atoms with Gasteiger partial charge in [-0.25, -0.2) is 9.59 Å². The second kappa shape index (κ2) is 6.96. The fourth-order valence-corrected chi connectivity index (χ4v) is 3.61. The molecule has 0 aliphatic heterocycles. The van der Waals surface area contributed by atoms with Gasteiger partial charge in [-0.3, -0.25) is 0 Å². The molecule has 0 aliphatic rings. The zero-order chi connectivity index (χ0) is 18.9. The molecule has 0 radical (unpaired) electrons. The number of carbonyl (C=O) groups excluding carboxylic acids is 2. The number of ether oxygens (including phenoxy) is 2. The van der Waals surface area contributed by atoms with Gasteiger partial charge >= 0.3 is 11.9 Å². The number of esters is 2. The highest BCUT2D eigenvalue weighted by Crippen LogP contribution is 2.36. The molecule has 3 aromatic rings. The Morgan fingerprint density at radius 1 is 1.12 bits per heavy atom. The van der Waals surface area contributed by atoms with E-state index < -0.39 is 17.5 Å². The smallest absolute Gasteiger partial charge is 0.348 e. The van der Waals surface area contributed by atoms with E-state index >= 15 is 0 Å². The third-order valence-electron chi connectivity index (χ3n) is 3.63. The van der Waals surface area contributed by atoms with Crippen molar-refractivity contribution in [3.8, 4) is 11.3 Å². The molecule has 0 saturated carbocycles. The van der Waals surface area contributed by atoms with Gasteiger partial charge in [0.05, 0.1) is 17.9 Å². The Kier molecular flexibility index (Phi) is 4.87. The zero-order valence-corrected chi connectivity index (χ0v) is 16.0. The number of hydrogen-bond donors (Lipinski definition) is 1. The average molecular weight is 371 g/mol. The van der Waals surface area contributed by atoms with Gasteiger partial charge in [0.1, 0.15) is 15.3 Å². The van der Waals surface area contributed by atoms with Crippen molar-refractivity contribution in [1.82, 2.24) is 4.98 Å². The number of rotatable bonds is 4. The molecule has 26 heavy (non-hydrogen) atoms. The lowest BCUT2D eigenvalue weighted by Crippen LogP contribution is -2.24. The monoisotopic (exact) mass is 371 g/mol. The summed E-state index contributed by atoms with van der Waals surface area (Å²) in [6, 6.07) is 11.3. The molecule has 5 nitrogen and oxygen atoms in total. The van der Waals surface area contributed by atoms with Crippen molar-refractivity contribution in [3.63, 3.8) is 0 Å². The quantitative estimate of drug-likeness (QED) is 0.653. The number of thiophene rings is 1. The predicted octanol–water partition coefficient (Wildman–Crippen LogP) is 5.03. The van der Waals surface area contributed by atoms with Gasteiger partial charge < -0.3 is 14.5 Å². The Morgan fingerprint density at radius 2 is 1.81 bits per heavy atom. The zero-order valence-electron chi connectivity index (χ0n) is 15.2. The summed E-state index contributed by atoms with van der Waals surface area (Å²) in [5.74, 6) is -0.811. The van der Waals surface area contributed by atoms with Crippen LogP contribution in [0.1, 0.15) is 47.7 Å². The predicted molar refractivity (Wildman–Crippen MR) is 103 cm³/mol. The van der Waals surface area contributed by atoms with E-state index in [0.717, 1.165) is 10.4 Å². The average Bonchev–Trinajstić information content (AvgIpc) is 3.11. The first-order chi connectivity index (χ1) is 12.3. The van der Waals surface area contributed by atoms with Gasteiger partial charge in [-0.15, -0.1) is 11.3 Å². The normalized spacial score (nSPS) is 11.5. The van der Waals surface area contributed by atoms with Crippen LogP contribution in [0.3, 0.4) is 0 Å². The van der Waals surface area contributed by atoms with Crippen LogP contribution in [-0.4, -0.2) is 29.1 Å². The standard InChI is InChI=1S/C20H21NO4S/c1-5-24-18(22)14-11-13-15(19(23)25-20(2,3)4)16(21-17(13)26-14)12-9-7-6-8-10-12/h6-11,21H,5H2,1-4H3. The molecule has 0 unspecified atom stereocenters. The van der Waals surface area contributed by atoms with Crippen molar-refractivity contribution in [2.45, 2.75) is 33.3 Å². The van der Waals surface area contributed by atoms with E-state index in [1.165, 1.54) is 11.3 Å². The highest BCUT2D eigenvalue weighted by Gasteiger charge is 2.27. The van der Waals surface area contributed by atoms with E-state index in [1.54, 1.807) is 13.0 Å². The van der Waals surface area contributed by atoms with Gasteiger partial charge in [-0.05, 0) is 39.3 Å². The molecule has 6 heteroatoms. The molecule has 1 aromatic carbocycles. The largest absolute Gasteiger partial charge is 0.462 e. The van der Waals surface area contributed by atoms with E-state index in [0.29, 0.717) is 28.1 Å². The lowest BCUT2D eigenvalue weighted by atomic mass is 10.1. The lowest BCUT2D eigenvalue weighted by molar-refractivity contribution is 0.00725. The number of carbonyl (C=O) groups is 2. The minimum Gasteiger partial charge on any atom is -0.462 e. The van der Waals surface area contributed by atoms with Gasteiger partial charge in [-0.1, -0.05) is 30.3 Å². The van der Waals surface area contributed by atoms with Crippen LogP contribution in [-0.2, 0) is 9.47 Å². The number of fused-ring (bicyclic) bond motifs is 1. The molecule has 136 valence electrons. The van der Waals surface area contributed by atoms with Crippen molar-refractivity contribution in [3.05, 3.63) is 46.8 Å². The summed E-state index contributed by atoms with van der Waals surface area (Å²) in [5.41, 5.74) is 1.40. The Balaban J connectivity index is 2.15. The molecule has 0 fully saturated rings. The molecule has 0 atom stereocenters. The topological polar surface area (TPSA) is 68.4 Å². The molecule has 0 bridgehead atoms. The van der Waals surface area contributed by atoms with Crippen LogP contribution in [0, 0.1) is 0 Å². The van der Waals surface area contributed by atoms with E-state index in [2.05, 4.69) is 4.98 Å². The highest BCUT2D eigenvalue weighted by atomic mass is 32.1. The molecule has 2 aromatic heterocycles. The lowest BCUT2D eigenvalue weighted by Gasteiger charge is -2.19. The van der Waals surface area contributed by atoms with Gasteiger partial charge in [0, 0.05) is 5.39 Å². The fourth-order valence-electron chi connectivity index (χ4n) is 2.65. The minimum atomic E-state index is -0.616. The van der Waals surface area contributed by atoms with E-state index in [-0.39, 0.29) is 0 Å². The van der Waals surface area contributed by atoms with E-state index in [1.807, 2.05) is 51.1 Å². The molecule has 0 spiro atoms. The SMILES string of the molecule is CCOC(=O)c1cc2c(C(=O)OC(C)(C)C)c(-c3ccccc3)[nH]c2s1. The number of H-pyrrole nitrogens is 1. The third-order valence-corrected chi connectivity index (χ3v) is 4.66. The van der Waals surface area contributed by atoms with Gasteiger partial charge in [0.2, 0.25) is 0 Å². The number of aromatic nitrogens is 1.